The van der Waals surface area contributed by atoms with Crippen LogP contribution in [0.25, 0.3) is 0 Å². The Balaban J connectivity index is 1.59. The van der Waals surface area contributed by atoms with Crippen LogP contribution in [0.5, 0.6) is 5.75 Å². The lowest BCUT2D eigenvalue weighted by molar-refractivity contribution is 0.140. The van der Waals surface area contributed by atoms with Crippen molar-refractivity contribution in [3.8, 4) is 5.75 Å². The zero-order valence-corrected chi connectivity index (χ0v) is 20.3. The predicted molar refractivity (Wildman–Crippen MR) is 128 cm³/mol. The lowest BCUT2D eigenvalue weighted by Gasteiger charge is -2.16. The number of aryl methyl sites for hydroxylation is 1. The zero-order valence-electron chi connectivity index (χ0n) is 19.5. The first-order chi connectivity index (χ1) is 14.8. The lowest BCUT2D eigenvalue weighted by Crippen LogP contribution is -2.38. The van der Waals surface area contributed by atoms with Gasteiger partial charge >= 0.3 is 0 Å². The molecule has 7 heteroatoms. The van der Waals surface area contributed by atoms with Crippen LogP contribution in [0, 0.1) is 6.92 Å². The molecule has 0 bridgehead atoms. The van der Waals surface area contributed by atoms with Gasteiger partial charge in [0, 0.05) is 42.3 Å². The van der Waals surface area contributed by atoms with Gasteiger partial charge in [-0.25, -0.2) is 9.98 Å². The van der Waals surface area contributed by atoms with E-state index in [1.807, 2.05) is 0 Å². The average molecular weight is 445 g/mol. The molecule has 0 saturated carbocycles. The molecule has 1 atom stereocenters. The van der Waals surface area contributed by atoms with E-state index in [4.69, 9.17) is 19.5 Å². The van der Waals surface area contributed by atoms with E-state index in [0.717, 1.165) is 60.5 Å². The number of nitrogens with one attached hydrogen (secondary N) is 2. The van der Waals surface area contributed by atoms with E-state index in [1.165, 1.54) is 5.56 Å². The van der Waals surface area contributed by atoms with Gasteiger partial charge in [-0.3, -0.25) is 0 Å². The summed E-state index contributed by atoms with van der Waals surface area (Å²) in [6.07, 6.45) is 1.95. The summed E-state index contributed by atoms with van der Waals surface area (Å²) in [5.41, 5.74) is 3.53. The van der Waals surface area contributed by atoms with Gasteiger partial charge in [0.25, 0.3) is 0 Å². The Morgan fingerprint density at radius 2 is 2.16 bits per heavy atom. The third-order valence-corrected chi connectivity index (χ3v) is 6.02. The van der Waals surface area contributed by atoms with Crippen LogP contribution in [-0.2, 0) is 23.1 Å². The summed E-state index contributed by atoms with van der Waals surface area (Å²) in [5, 5.41) is 10.1. The molecule has 2 heterocycles. The van der Waals surface area contributed by atoms with Crippen LogP contribution in [0.15, 0.2) is 28.6 Å². The highest BCUT2D eigenvalue weighted by Gasteiger charge is 2.19. The highest BCUT2D eigenvalue weighted by molar-refractivity contribution is 7.09. The van der Waals surface area contributed by atoms with E-state index in [-0.39, 0.29) is 11.5 Å². The quantitative estimate of drug-likeness (QED) is 0.471. The van der Waals surface area contributed by atoms with Crippen molar-refractivity contribution in [1.82, 2.24) is 15.6 Å². The van der Waals surface area contributed by atoms with Gasteiger partial charge in [0.15, 0.2) is 5.96 Å². The molecule has 2 aromatic rings. The number of rotatable bonds is 8. The number of aliphatic imine (C=N–C) groups is 1. The summed E-state index contributed by atoms with van der Waals surface area (Å²) in [6, 6.07) is 6.31. The summed E-state index contributed by atoms with van der Waals surface area (Å²) < 4.78 is 11.7. The van der Waals surface area contributed by atoms with E-state index in [2.05, 4.69) is 68.8 Å². The number of nitrogens with zero attached hydrogens (tertiary/aromatic N) is 2. The molecule has 1 saturated heterocycles. The van der Waals surface area contributed by atoms with Crippen LogP contribution in [0.3, 0.4) is 0 Å². The summed E-state index contributed by atoms with van der Waals surface area (Å²) in [6.45, 7) is 14.4. The molecule has 0 radical (unpaired) electrons. The fourth-order valence-electron chi connectivity index (χ4n) is 3.25. The molecule has 0 aliphatic carbocycles. The molecule has 0 spiro atoms. The van der Waals surface area contributed by atoms with Crippen LogP contribution in [0.1, 0.15) is 55.9 Å². The van der Waals surface area contributed by atoms with E-state index in [0.29, 0.717) is 13.2 Å². The van der Waals surface area contributed by atoms with Crippen molar-refractivity contribution >= 4 is 17.3 Å². The lowest BCUT2D eigenvalue weighted by atomic mass is 9.93. The average Bonchev–Trinajstić information content (AvgIpc) is 3.39. The fraction of sp³-hybridized carbons (Fsp3) is 0.583. The minimum absolute atomic E-state index is 0.0942. The van der Waals surface area contributed by atoms with Crippen LogP contribution in [0.2, 0.25) is 0 Å². The zero-order chi connectivity index (χ0) is 22.3. The van der Waals surface area contributed by atoms with Crippen molar-refractivity contribution in [3.05, 3.63) is 45.4 Å². The number of aromatic nitrogens is 1. The standard InChI is InChI=1S/C24H36N4O2S/c1-6-25-23(26-11-9-22-28-21(16-31-22)24(3,4)5)27-14-18-8-7-17(2)13-20(18)30-19-10-12-29-15-19/h7-8,13,16,19H,6,9-12,14-15H2,1-5H3,(H2,25,26,27). The molecule has 1 aliphatic rings. The predicted octanol–water partition coefficient (Wildman–Crippen LogP) is 4.21. The number of thiazole rings is 1. The van der Waals surface area contributed by atoms with Gasteiger partial charge in [0.05, 0.1) is 30.5 Å². The molecule has 31 heavy (non-hydrogen) atoms. The highest BCUT2D eigenvalue weighted by atomic mass is 32.1. The van der Waals surface area contributed by atoms with E-state index >= 15 is 0 Å². The van der Waals surface area contributed by atoms with E-state index in [9.17, 15) is 0 Å². The third-order valence-electron chi connectivity index (χ3n) is 5.11. The number of hydrogen-bond acceptors (Lipinski definition) is 5. The van der Waals surface area contributed by atoms with Gasteiger partial charge < -0.3 is 20.1 Å². The maximum Gasteiger partial charge on any atom is 0.191 e. The molecule has 0 amide bonds. The Hall–Kier alpha value is -2.12. The minimum atomic E-state index is 0.0942. The Labute approximate surface area is 190 Å². The maximum atomic E-state index is 6.21. The van der Waals surface area contributed by atoms with Crippen molar-refractivity contribution in [3.63, 3.8) is 0 Å². The summed E-state index contributed by atoms with van der Waals surface area (Å²) in [7, 11) is 0. The number of guanidine groups is 1. The Morgan fingerprint density at radius 1 is 1.32 bits per heavy atom. The second kappa shape index (κ2) is 11.0. The third kappa shape index (κ3) is 7.21. The molecule has 1 unspecified atom stereocenters. The smallest absolute Gasteiger partial charge is 0.191 e. The molecule has 6 nitrogen and oxygen atoms in total. The molecular formula is C24H36N4O2S. The second-order valence-corrected chi connectivity index (χ2v) is 9.91. The molecule has 3 rings (SSSR count). The van der Waals surface area contributed by atoms with E-state index in [1.54, 1.807) is 11.3 Å². The SMILES string of the molecule is CCNC(=NCc1ccc(C)cc1OC1CCOC1)NCCc1nc(C(C)(C)C)cs1. The van der Waals surface area contributed by atoms with Gasteiger partial charge in [-0.05, 0) is 25.5 Å². The fourth-order valence-corrected chi connectivity index (χ4v) is 4.28. The van der Waals surface area contributed by atoms with Crippen molar-refractivity contribution in [2.45, 2.75) is 65.5 Å². The first kappa shape index (κ1) is 23.5. The van der Waals surface area contributed by atoms with E-state index < -0.39 is 0 Å². The van der Waals surface area contributed by atoms with Crippen molar-refractivity contribution in [2.75, 3.05) is 26.3 Å². The first-order valence-electron chi connectivity index (χ1n) is 11.2. The van der Waals surface area contributed by atoms with Crippen molar-refractivity contribution in [1.29, 1.82) is 0 Å². The Morgan fingerprint density at radius 3 is 2.84 bits per heavy atom. The van der Waals surface area contributed by atoms with Gasteiger partial charge in [0.1, 0.15) is 11.9 Å². The van der Waals surface area contributed by atoms with Crippen molar-refractivity contribution in [2.24, 2.45) is 4.99 Å². The van der Waals surface area contributed by atoms with Crippen molar-refractivity contribution < 1.29 is 9.47 Å². The molecule has 1 fully saturated rings. The monoisotopic (exact) mass is 444 g/mol. The molecular weight excluding hydrogens is 408 g/mol. The summed E-state index contributed by atoms with van der Waals surface area (Å²) in [4.78, 5) is 9.57. The highest BCUT2D eigenvalue weighted by Crippen LogP contribution is 2.25. The summed E-state index contributed by atoms with van der Waals surface area (Å²) in [5.74, 6) is 1.72. The number of hydrogen-bond donors (Lipinski definition) is 2. The maximum absolute atomic E-state index is 6.21. The van der Waals surface area contributed by atoms with Crippen LogP contribution in [-0.4, -0.2) is 43.4 Å². The molecule has 1 aromatic carbocycles. The van der Waals surface area contributed by atoms with Gasteiger partial charge in [-0.1, -0.05) is 32.9 Å². The molecule has 1 aromatic heterocycles. The second-order valence-electron chi connectivity index (χ2n) is 8.96. The normalized spacial score (nSPS) is 17.1. The minimum Gasteiger partial charge on any atom is -0.488 e. The summed E-state index contributed by atoms with van der Waals surface area (Å²) >= 11 is 1.73. The van der Waals surface area contributed by atoms with Gasteiger partial charge in [-0.2, -0.15) is 0 Å². The van der Waals surface area contributed by atoms with Crippen LogP contribution < -0.4 is 15.4 Å². The molecule has 170 valence electrons. The number of benzene rings is 1. The molecule has 1 aliphatic heterocycles. The Bertz CT molecular complexity index is 867. The van der Waals surface area contributed by atoms with Gasteiger partial charge in [-0.15, -0.1) is 11.3 Å². The van der Waals surface area contributed by atoms with Crippen LogP contribution in [0.4, 0.5) is 0 Å². The van der Waals surface area contributed by atoms with Crippen LogP contribution >= 0.6 is 11.3 Å². The largest absolute Gasteiger partial charge is 0.488 e. The first-order valence-corrected chi connectivity index (χ1v) is 12.0. The molecule has 2 N–H and O–H groups in total. The topological polar surface area (TPSA) is 67.8 Å². The number of ether oxygens (including phenoxy) is 2. The Kier molecular flexibility index (Phi) is 8.32. The van der Waals surface area contributed by atoms with Gasteiger partial charge in [0.2, 0.25) is 0 Å².